The lowest BCUT2D eigenvalue weighted by molar-refractivity contribution is 0.716. The fraction of sp³-hybridized carbons (Fsp3) is 0.222. The van der Waals surface area contributed by atoms with Gasteiger partial charge in [0.1, 0.15) is 11.8 Å². The lowest BCUT2D eigenvalue weighted by Crippen LogP contribution is -1.97. The molecule has 0 aliphatic carbocycles. The summed E-state index contributed by atoms with van der Waals surface area (Å²) in [5.74, 6) is 2.53. The molecule has 0 aliphatic rings. The third-order valence-electron chi connectivity index (χ3n) is 1.44. The standard InChI is InChI=1S/C9H8N2/c1-2-3-6-11-7-4-5-9(11)8-10/h1,4-5,7H,3,6H2. The lowest BCUT2D eigenvalue weighted by atomic mass is 10.4. The third-order valence-corrected chi connectivity index (χ3v) is 1.44. The Bertz CT molecular complexity index is 309. The van der Waals surface area contributed by atoms with Crippen molar-refractivity contribution in [3.63, 3.8) is 0 Å². The SMILES string of the molecule is C#CCCn1cccc1C#N. The Morgan fingerprint density at radius 3 is 3.09 bits per heavy atom. The Balaban J connectivity index is 2.72. The monoisotopic (exact) mass is 144 g/mol. The normalized spacial score (nSPS) is 8.55. The van der Waals surface area contributed by atoms with Crippen molar-refractivity contribution in [2.75, 3.05) is 0 Å². The number of rotatable bonds is 2. The minimum Gasteiger partial charge on any atom is -0.339 e. The van der Waals surface area contributed by atoms with E-state index in [0.717, 1.165) is 6.54 Å². The number of nitriles is 1. The molecule has 0 saturated heterocycles. The second-order valence-electron chi connectivity index (χ2n) is 2.15. The van der Waals surface area contributed by atoms with Crippen molar-refractivity contribution >= 4 is 0 Å². The zero-order valence-electron chi connectivity index (χ0n) is 6.12. The Morgan fingerprint density at radius 1 is 1.64 bits per heavy atom. The van der Waals surface area contributed by atoms with Crippen molar-refractivity contribution in [1.29, 1.82) is 5.26 Å². The second-order valence-corrected chi connectivity index (χ2v) is 2.15. The van der Waals surface area contributed by atoms with E-state index in [1.807, 2.05) is 16.8 Å². The fourth-order valence-corrected chi connectivity index (χ4v) is 0.896. The van der Waals surface area contributed by atoms with Crippen LogP contribution < -0.4 is 0 Å². The Morgan fingerprint density at radius 2 is 2.45 bits per heavy atom. The van der Waals surface area contributed by atoms with E-state index < -0.39 is 0 Å². The van der Waals surface area contributed by atoms with Crippen LogP contribution in [0.2, 0.25) is 0 Å². The van der Waals surface area contributed by atoms with E-state index in [1.165, 1.54) is 0 Å². The fourth-order valence-electron chi connectivity index (χ4n) is 0.896. The predicted molar refractivity (Wildman–Crippen MR) is 42.6 cm³/mol. The molecular weight excluding hydrogens is 136 g/mol. The first kappa shape index (κ1) is 7.44. The minimum atomic E-state index is 0.667. The van der Waals surface area contributed by atoms with Crippen molar-refractivity contribution in [2.24, 2.45) is 0 Å². The van der Waals surface area contributed by atoms with Crippen molar-refractivity contribution in [3.05, 3.63) is 24.0 Å². The highest BCUT2D eigenvalue weighted by atomic mass is 15.0. The molecule has 1 aromatic heterocycles. The van der Waals surface area contributed by atoms with Gasteiger partial charge >= 0.3 is 0 Å². The number of aryl methyl sites for hydroxylation is 1. The molecule has 2 nitrogen and oxygen atoms in total. The minimum absolute atomic E-state index is 0.667. The lowest BCUT2D eigenvalue weighted by Gasteiger charge is -1.98. The van der Waals surface area contributed by atoms with E-state index >= 15 is 0 Å². The van der Waals surface area contributed by atoms with Crippen molar-refractivity contribution in [2.45, 2.75) is 13.0 Å². The number of hydrogen-bond donors (Lipinski definition) is 0. The molecule has 0 atom stereocenters. The van der Waals surface area contributed by atoms with Gasteiger partial charge in [0.15, 0.2) is 0 Å². The Hall–Kier alpha value is -1.67. The Labute approximate surface area is 66.1 Å². The highest BCUT2D eigenvalue weighted by Crippen LogP contribution is 2.00. The molecule has 0 aliphatic heterocycles. The molecule has 0 unspecified atom stereocenters. The van der Waals surface area contributed by atoms with Gasteiger partial charge in [-0.15, -0.1) is 12.3 Å². The zero-order valence-corrected chi connectivity index (χ0v) is 6.12. The summed E-state index contributed by atoms with van der Waals surface area (Å²) < 4.78 is 1.85. The summed E-state index contributed by atoms with van der Waals surface area (Å²) in [6, 6.07) is 5.70. The van der Waals surface area contributed by atoms with Gasteiger partial charge in [-0.05, 0) is 12.1 Å². The molecule has 1 heterocycles. The van der Waals surface area contributed by atoms with Crippen LogP contribution in [0.5, 0.6) is 0 Å². The molecule has 0 radical (unpaired) electrons. The van der Waals surface area contributed by atoms with Crippen LogP contribution in [0.25, 0.3) is 0 Å². The molecule has 2 heteroatoms. The maximum absolute atomic E-state index is 8.58. The van der Waals surface area contributed by atoms with Crippen molar-refractivity contribution in [1.82, 2.24) is 4.57 Å². The molecule has 0 saturated carbocycles. The van der Waals surface area contributed by atoms with E-state index in [9.17, 15) is 0 Å². The summed E-state index contributed by atoms with van der Waals surface area (Å²) in [7, 11) is 0. The van der Waals surface area contributed by atoms with Gasteiger partial charge in [0.2, 0.25) is 0 Å². The number of nitrogens with zero attached hydrogens (tertiary/aromatic N) is 2. The van der Waals surface area contributed by atoms with Crippen molar-refractivity contribution < 1.29 is 0 Å². The van der Waals surface area contributed by atoms with Gasteiger partial charge in [0, 0.05) is 19.2 Å². The van der Waals surface area contributed by atoms with E-state index in [4.69, 9.17) is 11.7 Å². The number of terminal acetylenes is 1. The molecule has 0 aromatic carbocycles. The smallest absolute Gasteiger partial charge is 0.120 e. The van der Waals surface area contributed by atoms with Crippen LogP contribution in [-0.2, 0) is 6.54 Å². The van der Waals surface area contributed by atoms with E-state index in [2.05, 4.69) is 12.0 Å². The van der Waals surface area contributed by atoms with Crippen LogP contribution in [0.1, 0.15) is 12.1 Å². The largest absolute Gasteiger partial charge is 0.339 e. The van der Waals surface area contributed by atoms with Crippen molar-refractivity contribution in [3.8, 4) is 18.4 Å². The van der Waals surface area contributed by atoms with Gasteiger partial charge in [0.25, 0.3) is 0 Å². The van der Waals surface area contributed by atoms with Gasteiger partial charge in [-0.2, -0.15) is 5.26 Å². The molecule has 11 heavy (non-hydrogen) atoms. The first-order valence-electron chi connectivity index (χ1n) is 3.37. The molecule has 54 valence electrons. The van der Waals surface area contributed by atoms with Crippen LogP contribution in [0.3, 0.4) is 0 Å². The first-order valence-corrected chi connectivity index (χ1v) is 3.37. The Kier molecular flexibility index (Phi) is 2.36. The van der Waals surface area contributed by atoms with E-state index in [0.29, 0.717) is 12.1 Å². The summed E-state index contributed by atoms with van der Waals surface area (Å²) >= 11 is 0. The molecule has 0 fully saturated rings. The second kappa shape index (κ2) is 3.49. The summed E-state index contributed by atoms with van der Waals surface area (Å²) in [6.45, 7) is 0.729. The first-order chi connectivity index (χ1) is 5.38. The highest BCUT2D eigenvalue weighted by Gasteiger charge is 1.95. The molecule has 0 spiro atoms. The average Bonchev–Trinajstić information content (AvgIpc) is 2.47. The summed E-state index contributed by atoms with van der Waals surface area (Å²) in [5, 5.41) is 8.58. The van der Waals surface area contributed by atoms with E-state index in [-0.39, 0.29) is 0 Å². The molecule has 0 amide bonds. The van der Waals surface area contributed by atoms with Crippen LogP contribution in [-0.4, -0.2) is 4.57 Å². The van der Waals surface area contributed by atoms with Gasteiger partial charge in [-0.25, -0.2) is 0 Å². The molecular formula is C9H8N2. The topological polar surface area (TPSA) is 28.7 Å². The summed E-state index contributed by atoms with van der Waals surface area (Å²) in [4.78, 5) is 0. The highest BCUT2D eigenvalue weighted by molar-refractivity contribution is 5.21. The molecule has 1 aromatic rings. The van der Waals surface area contributed by atoms with Gasteiger partial charge in [0.05, 0.1) is 0 Å². The van der Waals surface area contributed by atoms with Crippen LogP contribution in [0.15, 0.2) is 18.3 Å². The van der Waals surface area contributed by atoms with Crippen LogP contribution in [0, 0.1) is 23.7 Å². The summed E-state index contributed by atoms with van der Waals surface area (Å²) in [5.41, 5.74) is 0.667. The zero-order chi connectivity index (χ0) is 8.10. The maximum Gasteiger partial charge on any atom is 0.120 e. The molecule has 1 rings (SSSR count). The quantitative estimate of drug-likeness (QED) is 0.576. The van der Waals surface area contributed by atoms with Gasteiger partial charge in [-0.1, -0.05) is 0 Å². The van der Waals surface area contributed by atoms with Gasteiger partial charge < -0.3 is 4.57 Å². The van der Waals surface area contributed by atoms with Crippen LogP contribution >= 0.6 is 0 Å². The number of aromatic nitrogens is 1. The predicted octanol–water partition coefficient (Wildman–Crippen LogP) is 1.38. The average molecular weight is 144 g/mol. The molecule has 0 bridgehead atoms. The van der Waals surface area contributed by atoms with E-state index in [1.54, 1.807) is 6.07 Å². The summed E-state index contributed by atoms with van der Waals surface area (Å²) in [6.07, 6.45) is 7.62. The van der Waals surface area contributed by atoms with Gasteiger partial charge in [-0.3, -0.25) is 0 Å². The molecule has 0 N–H and O–H groups in total. The maximum atomic E-state index is 8.58. The van der Waals surface area contributed by atoms with Crippen LogP contribution in [0.4, 0.5) is 0 Å². The third kappa shape index (κ3) is 1.63. The number of hydrogen-bond acceptors (Lipinski definition) is 1.